The first-order valence-corrected chi connectivity index (χ1v) is 8.71. The first-order chi connectivity index (χ1) is 12.3. The maximum absolute atomic E-state index is 13.4. The molecule has 10 heteroatoms. The van der Waals surface area contributed by atoms with E-state index in [9.17, 15) is 26.8 Å². The van der Waals surface area contributed by atoms with Crippen molar-refractivity contribution < 1.29 is 31.5 Å². The minimum absolute atomic E-state index is 0.0351. The van der Waals surface area contributed by atoms with Crippen LogP contribution in [-0.2, 0) is 24.3 Å². The zero-order chi connectivity index (χ0) is 19.2. The van der Waals surface area contributed by atoms with Gasteiger partial charge in [0.15, 0.2) is 6.61 Å². The van der Waals surface area contributed by atoms with Gasteiger partial charge in [-0.2, -0.15) is 4.72 Å². The number of halogens is 2. The van der Waals surface area contributed by atoms with Crippen molar-refractivity contribution in [1.29, 1.82) is 0 Å². The minimum Gasteiger partial charge on any atom is -0.455 e. The van der Waals surface area contributed by atoms with E-state index in [4.69, 9.17) is 0 Å². The lowest BCUT2D eigenvalue weighted by molar-refractivity contribution is -0.146. The largest absolute Gasteiger partial charge is 0.455 e. The van der Waals surface area contributed by atoms with Crippen molar-refractivity contribution in [3.05, 3.63) is 60.2 Å². The Morgan fingerprint density at radius 3 is 2.42 bits per heavy atom. The number of amides is 1. The zero-order valence-corrected chi connectivity index (χ0v) is 14.1. The Labute approximate surface area is 148 Å². The summed E-state index contributed by atoms with van der Waals surface area (Å²) in [6.45, 7) is -1.49. The Morgan fingerprint density at radius 1 is 1.04 bits per heavy atom. The molecule has 2 rings (SSSR count). The first-order valence-electron chi connectivity index (χ1n) is 7.23. The Balaban J connectivity index is 1.81. The Hall–Kier alpha value is -2.85. The standard InChI is InChI=1S/C16H14F2N2O5S/c17-11-6-7-13(18)14(8-11)20-15(21)10-25-16(22)9-19-26(23,24)12-4-2-1-3-5-12/h1-8,19H,9-10H2,(H,20,21). The predicted octanol–water partition coefficient (Wildman–Crippen LogP) is 1.42. The van der Waals surface area contributed by atoms with E-state index >= 15 is 0 Å². The normalized spacial score (nSPS) is 11.0. The average molecular weight is 384 g/mol. The summed E-state index contributed by atoms with van der Waals surface area (Å²) < 4.78 is 56.8. The fourth-order valence-electron chi connectivity index (χ4n) is 1.81. The highest BCUT2D eigenvalue weighted by Crippen LogP contribution is 2.15. The summed E-state index contributed by atoms with van der Waals surface area (Å²) in [7, 11) is -3.90. The number of hydrogen-bond donors (Lipinski definition) is 2. The third-order valence-electron chi connectivity index (χ3n) is 3.03. The van der Waals surface area contributed by atoms with Crippen LogP contribution in [0.15, 0.2) is 53.4 Å². The van der Waals surface area contributed by atoms with Crippen molar-refractivity contribution in [2.75, 3.05) is 18.5 Å². The summed E-state index contributed by atoms with van der Waals surface area (Å²) >= 11 is 0. The van der Waals surface area contributed by atoms with E-state index in [2.05, 4.69) is 4.74 Å². The van der Waals surface area contributed by atoms with E-state index in [-0.39, 0.29) is 4.90 Å². The molecule has 1 amide bonds. The smallest absolute Gasteiger partial charge is 0.321 e. The molecule has 138 valence electrons. The van der Waals surface area contributed by atoms with Gasteiger partial charge in [-0.1, -0.05) is 18.2 Å². The van der Waals surface area contributed by atoms with E-state index in [0.29, 0.717) is 0 Å². The Kier molecular flexibility index (Phi) is 6.36. The third-order valence-corrected chi connectivity index (χ3v) is 4.44. The van der Waals surface area contributed by atoms with E-state index in [1.807, 2.05) is 10.0 Å². The van der Waals surface area contributed by atoms with Crippen LogP contribution in [0.2, 0.25) is 0 Å². The predicted molar refractivity (Wildman–Crippen MR) is 87.6 cm³/mol. The molecule has 0 aliphatic heterocycles. The first kappa shape index (κ1) is 19.5. The second-order valence-corrected chi connectivity index (χ2v) is 6.74. The van der Waals surface area contributed by atoms with Gasteiger partial charge in [-0.25, -0.2) is 17.2 Å². The van der Waals surface area contributed by atoms with Crippen LogP contribution in [0.1, 0.15) is 0 Å². The number of ether oxygens (including phenoxy) is 1. The van der Waals surface area contributed by atoms with Gasteiger partial charge in [0, 0.05) is 6.07 Å². The summed E-state index contributed by atoms with van der Waals surface area (Å²) in [4.78, 5) is 23.1. The number of benzene rings is 2. The molecule has 0 heterocycles. The summed E-state index contributed by atoms with van der Waals surface area (Å²) in [5.41, 5.74) is -0.407. The molecule has 0 unspecified atom stereocenters. The van der Waals surface area contributed by atoms with Crippen molar-refractivity contribution in [1.82, 2.24) is 4.72 Å². The molecule has 0 atom stereocenters. The SMILES string of the molecule is O=C(COC(=O)CNS(=O)(=O)c1ccccc1)Nc1cc(F)ccc1F. The van der Waals surface area contributed by atoms with Gasteiger partial charge in [-0.3, -0.25) is 9.59 Å². The van der Waals surface area contributed by atoms with Crippen molar-refractivity contribution in [2.45, 2.75) is 4.90 Å². The van der Waals surface area contributed by atoms with Crippen molar-refractivity contribution >= 4 is 27.6 Å². The van der Waals surface area contributed by atoms with Gasteiger partial charge in [0.1, 0.15) is 18.2 Å². The van der Waals surface area contributed by atoms with E-state index in [1.165, 1.54) is 24.3 Å². The Morgan fingerprint density at radius 2 is 1.73 bits per heavy atom. The maximum Gasteiger partial charge on any atom is 0.321 e. The lowest BCUT2D eigenvalue weighted by Crippen LogP contribution is -2.32. The van der Waals surface area contributed by atoms with Gasteiger partial charge in [0.2, 0.25) is 10.0 Å². The molecule has 0 bridgehead atoms. The topological polar surface area (TPSA) is 102 Å². The van der Waals surface area contributed by atoms with Crippen molar-refractivity contribution in [2.24, 2.45) is 0 Å². The molecule has 26 heavy (non-hydrogen) atoms. The van der Waals surface area contributed by atoms with Crippen LogP contribution < -0.4 is 10.0 Å². The highest BCUT2D eigenvalue weighted by atomic mass is 32.2. The van der Waals surface area contributed by atoms with Gasteiger partial charge in [0.05, 0.1) is 10.6 Å². The van der Waals surface area contributed by atoms with Crippen LogP contribution in [0, 0.1) is 11.6 Å². The molecule has 0 aliphatic rings. The third kappa shape index (κ3) is 5.60. The summed E-state index contributed by atoms with van der Waals surface area (Å²) in [5.74, 6) is -3.54. The molecule has 0 fully saturated rings. The molecule has 2 N–H and O–H groups in total. The highest BCUT2D eigenvalue weighted by Gasteiger charge is 2.16. The molecule has 0 aliphatic carbocycles. The molecule has 0 radical (unpaired) electrons. The molecule has 7 nitrogen and oxygen atoms in total. The van der Waals surface area contributed by atoms with Gasteiger partial charge in [-0.05, 0) is 24.3 Å². The van der Waals surface area contributed by atoms with Gasteiger partial charge < -0.3 is 10.1 Å². The lowest BCUT2D eigenvalue weighted by atomic mass is 10.3. The van der Waals surface area contributed by atoms with Crippen LogP contribution in [-0.4, -0.2) is 33.4 Å². The number of rotatable bonds is 7. The second-order valence-electron chi connectivity index (χ2n) is 4.97. The minimum atomic E-state index is -3.90. The second kappa shape index (κ2) is 8.50. The average Bonchev–Trinajstić information content (AvgIpc) is 2.62. The molecule has 0 aromatic heterocycles. The fraction of sp³-hybridized carbons (Fsp3) is 0.125. The lowest BCUT2D eigenvalue weighted by Gasteiger charge is -2.08. The van der Waals surface area contributed by atoms with Gasteiger partial charge in [0.25, 0.3) is 5.91 Å². The number of nitrogens with one attached hydrogen (secondary N) is 2. The molecule has 0 saturated carbocycles. The van der Waals surface area contributed by atoms with Crippen LogP contribution >= 0.6 is 0 Å². The van der Waals surface area contributed by atoms with Gasteiger partial charge >= 0.3 is 5.97 Å². The summed E-state index contributed by atoms with van der Waals surface area (Å²) in [5, 5.41) is 2.03. The maximum atomic E-state index is 13.4. The number of carbonyl (C=O) groups excluding carboxylic acids is 2. The zero-order valence-electron chi connectivity index (χ0n) is 13.2. The number of hydrogen-bond acceptors (Lipinski definition) is 5. The Bertz CT molecular complexity index is 904. The van der Waals surface area contributed by atoms with Crippen LogP contribution in [0.3, 0.4) is 0 Å². The number of esters is 1. The van der Waals surface area contributed by atoms with Crippen molar-refractivity contribution in [3.8, 4) is 0 Å². The molecular formula is C16H14F2N2O5S. The van der Waals surface area contributed by atoms with E-state index < -0.39 is 52.4 Å². The monoisotopic (exact) mass is 384 g/mol. The molecule has 0 spiro atoms. The number of anilines is 1. The van der Waals surface area contributed by atoms with Crippen LogP contribution in [0.25, 0.3) is 0 Å². The van der Waals surface area contributed by atoms with Gasteiger partial charge in [-0.15, -0.1) is 0 Å². The molecular weight excluding hydrogens is 370 g/mol. The van der Waals surface area contributed by atoms with Crippen LogP contribution in [0.5, 0.6) is 0 Å². The quantitative estimate of drug-likeness (QED) is 0.703. The van der Waals surface area contributed by atoms with E-state index in [1.54, 1.807) is 6.07 Å². The fourth-order valence-corrected chi connectivity index (χ4v) is 2.80. The van der Waals surface area contributed by atoms with E-state index in [0.717, 1.165) is 18.2 Å². The van der Waals surface area contributed by atoms with Crippen LogP contribution in [0.4, 0.5) is 14.5 Å². The highest BCUT2D eigenvalue weighted by molar-refractivity contribution is 7.89. The molecule has 2 aromatic carbocycles. The number of carbonyl (C=O) groups is 2. The summed E-state index contributed by atoms with van der Waals surface area (Å²) in [6, 6.07) is 9.82. The summed E-state index contributed by atoms with van der Waals surface area (Å²) in [6.07, 6.45) is 0. The number of sulfonamides is 1. The molecule has 0 saturated heterocycles. The van der Waals surface area contributed by atoms with Crippen molar-refractivity contribution in [3.63, 3.8) is 0 Å². The molecule has 2 aromatic rings.